The summed E-state index contributed by atoms with van der Waals surface area (Å²) in [5.41, 5.74) is -0.210. The minimum Gasteiger partial charge on any atom is -0.415 e. The standard InChI is InChI=1S/C22H40F8O3Si3/c1-20(2)13-34(3,4)35(5,6)36(7,33-20)11-10-14-8-9-16(15(31)12-14)32-22(29,30)21(27,28)18(24)17(23)19(25)26/h14-19,31H,8-13H2,1-7H3. The lowest BCUT2D eigenvalue weighted by Crippen LogP contribution is -2.78. The zero-order chi connectivity index (χ0) is 28.1. The predicted molar refractivity (Wildman–Crippen MR) is 130 cm³/mol. The van der Waals surface area contributed by atoms with Gasteiger partial charge >= 0.3 is 12.0 Å². The van der Waals surface area contributed by atoms with Crippen molar-refractivity contribution in [3.05, 3.63) is 0 Å². The molecule has 2 fully saturated rings. The molecule has 214 valence electrons. The van der Waals surface area contributed by atoms with Gasteiger partial charge < -0.3 is 14.3 Å². The molecular formula is C22H40F8O3Si3. The van der Waals surface area contributed by atoms with Gasteiger partial charge in [0.2, 0.25) is 6.17 Å². The molecule has 6 unspecified atom stereocenters. The van der Waals surface area contributed by atoms with E-state index >= 15 is 0 Å². The van der Waals surface area contributed by atoms with Crippen molar-refractivity contribution >= 4 is 22.5 Å². The molecule has 2 rings (SSSR count). The normalized spacial score (nSPS) is 34.4. The van der Waals surface area contributed by atoms with Crippen molar-refractivity contribution < 1.29 is 49.4 Å². The van der Waals surface area contributed by atoms with Crippen LogP contribution in [0.2, 0.25) is 44.8 Å². The summed E-state index contributed by atoms with van der Waals surface area (Å²) in [4.78, 5) is 0. The van der Waals surface area contributed by atoms with Crippen LogP contribution in [0.15, 0.2) is 0 Å². The number of hydrogen-bond acceptors (Lipinski definition) is 3. The van der Waals surface area contributed by atoms with E-state index in [9.17, 15) is 40.2 Å². The van der Waals surface area contributed by atoms with E-state index in [4.69, 9.17) is 4.43 Å². The Morgan fingerprint density at radius 3 is 2.06 bits per heavy atom. The van der Waals surface area contributed by atoms with Gasteiger partial charge in [0.05, 0.1) is 19.3 Å². The van der Waals surface area contributed by atoms with Crippen LogP contribution in [0.5, 0.6) is 0 Å². The van der Waals surface area contributed by atoms with Crippen molar-refractivity contribution in [2.45, 2.75) is 133 Å². The van der Waals surface area contributed by atoms with Gasteiger partial charge in [0.15, 0.2) is 14.0 Å². The molecule has 3 nitrogen and oxygen atoms in total. The topological polar surface area (TPSA) is 38.7 Å². The molecule has 0 aromatic rings. The third kappa shape index (κ3) is 6.23. The van der Waals surface area contributed by atoms with Crippen LogP contribution in [0.3, 0.4) is 0 Å². The smallest absolute Gasteiger partial charge is 0.415 e. The largest absolute Gasteiger partial charge is 0.422 e. The summed E-state index contributed by atoms with van der Waals surface area (Å²) in [5.74, 6) is -5.90. The summed E-state index contributed by atoms with van der Waals surface area (Å²) in [5, 5.41) is 10.4. The first-order chi connectivity index (χ1) is 16.0. The van der Waals surface area contributed by atoms with Crippen LogP contribution in [0.1, 0.15) is 39.5 Å². The van der Waals surface area contributed by atoms with Gasteiger partial charge in [-0.3, -0.25) is 0 Å². The van der Waals surface area contributed by atoms with E-state index in [0.29, 0.717) is 12.8 Å². The lowest BCUT2D eigenvalue weighted by Gasteiger charge is -2.59. The average molecular weight is 589 g/mol. The van der Waals surface area contributed by atoms with E-state index in [-0.39, 0.29) is 24.4 Å². The maximum atomic E-state index is 14.1. The highest BCUT2D eigenvalue weighted by molar-refractivity contribution is 7.67. The molecule has 6 atom stereocenters. The molecule has 0 aromatic carbocycles. The van der Waals surface area contributed by atoms with Crippen LogP contribution in [-0.2, 0) is 9.16 Å². The number of halogens is 8. The Labute approximate surface area is 211 Å². The third-order valence-electron chi connectivity index (χ3n) is 8.83. The quantitative estimate of drug-likeness (QED) is 0.232. The number of hydrogen-bond donors (Lipinski definition) is 1. The fraction of sp³-hybridized carbons (Fsp3) is 1.00. The van der Waals surface area contributed by atoms with Crippen molar-refractivity contribution in [3.63, 3.8) is 0 Å². The Hall–Kier alpha value is -0.0294. The number of rotatable bonds is 9. The Kier molecular flexibility index (Phi) is 9.39. The van der Waals surface area contributed by atoms with E-state index < -0.39 is 65.5 Å². The van der Waals surface area contributed by atoms with Gasteiger partial charge in [0.1, 0.15) is 0 Å². The zero-order valence-electron chi connectivity index (χ0n) is 22.0. The molecule has 1 heterocycles. The van der Waals surface area contributed by atoms with Crippen LogP contribution in [0.25, 0.3) is 0 Å². The van der Waals surface area contributed by atoms with Gasteiger partial charge in [0, 0.05) is 13.2 Å². The molecule has 1 N–H and O–H groups in total. The van der Waals surface area contributed by atoms with Gasteiger partial charge in [-0.05, 0) is 57.7 Å². The number of ether oxygens (including phenoxy) is 1. The van der Waals surface area contributed by atoms with Gasteiger partial charge in [-0.15, -0.1) is 0 Å². The molecule has 36 heavy (non-hydrogen) atoms. The maximum absolute atomic E-state index is 14.1. The van der Waals surface area contributed by atoms with Crippen molar-refractivity contribution in [3.8, 4) is 0 Å². The predicted octanol–water partition coefficient (Wildman–Crippen LogP) is 7.05. The van der Waals surface area contributed by atoms with Crippen LogP contribution in [0.4, 0.5) is 35.1 Å². The molecule has 0 aromatic heterocycles. The fourth-order valence-electron chi connectivity index (χ4n) is 5.98. The Morgan fingerprint density at radius 1 is 1.00 bits per heavy atom. The van der Waals surface area contributed by atoms with Crippen LogP contribution in [0, 0.1) is 5.92 Å². The van der Waals surface area contributed by atoms with E-state index in [1.54, 1.807) is 0 Å². The summed E-state index contributed by atoms with van der Waals surface area (Å²) in [6, 6.07) is 1.93. The van der Waals surface area contributed by atoms with E-state index in [0.717, 1.165) is 12.1 Å². The maximum Gasteiger partial charge on any atom is 0.422 e. The Morgan fingerprint density at radius 2 is 1.56 bits per heavy atom. The molecule has 2 aliphatic rings. The summed E-state index contributed by atoms with van der Waals surface area (Å²) >= 11 is 0. The first-order valence-electron chi connectivity index (χ1n) is 12.4. The fourth-order valence-corrected chi connectivity index (χ4v) is 39.5. The SMILES string of the molecule is CC1(C)C[Si](C)(C)[Si](C)(C)[Si](C)(CCC2CCC(OC(F)(F)C(F)(F)C(F)C(F)C(F)F)C(O)C2)O1. The molecule has 1 aliphatic carbocycles. The monoisotopic (exact) mass is 588 g/mol. The highest BCUT2D eigenvalue weighted by Gasteiger charge is 2.68. The summed E-state index contributed by atoms with van der Waals surface area (Å²) in [6.45, 7) is 16.2. The average Bonchev–Trinajstić information content (AvgIpc) is 2.70. The molecule has 1 saturated heterocycles. The second-order valence-corrected chi connectivity index (χ2v) is 39.3. The van der Waals surface area contributed by atoms with Crippen molar-refractivity contribution in [2.24, 2.45) is 5.92 Å². The molecule has 0 bridgehead atoms. The van der Waals surface area contributed by atoms with Crippen LogP contribution < -0.4 is 0 Å². The highest BCUT2D eigenvalue weighted by Crippen LogP contribution is 2.48. The molecule has 1 aliphatic heterocycles. The van der Waals surface area contributed by atoms with E-state index in [2.05, 4.69) is 51.3 Å². The number of alkyl halides is 8. The van der Waals surface area contributed by atoms with Crippen LogP contribution in [-0.4, -0.2) is 76.3 Å². The molecule has 0 spiro atoms. The van der Waals surface area contributed by atoms with E-state index in [1.807, 2.05) is 0 Å². The Balaban J connectivity index is 2.03. The summed E-state index contributed by atoms with van der Waals surface area (Å²) in [7, 11) is -5.34. The van der Waals surface area contributed by atoms with Crippen molar-refractivity contribution in [2.75, 3.05) is 0 Å². The third-order valence-corrected chi connectivity index (χ3v) is 49.4. The van der Waals surface area contributed by atoms with Crippen LogP contribution >= 0.6 is 0 Å². The zero-order valence-corrected chi connectivity index (χ0v) is 25.0. The summed E-state index contributed by atoms with van der Waals surface area (Å²) in [6.07, 6.45) is -20.8. The number of aliphatic hydroxyl groups is 1. The first-order valence-corrected chi connectivity index (χ1v) is 23.2. The second-order valence-electron chi connectivity index (χ2n) is 12.5. The van der Waals surface area contributed by atoms with Gasteiger partial charge in [-0.2, -0.15) is 17.6 Å². The van der Waals surface area contributed by atoms with Gasteiger partial charge in [-0.25, -0.2) is 17.6 Å². The second kappa shape index (κ2) is 10.5. The van der Waals surface area contributed by atoms with Crippen molar-refractivity contribution in [1.29, 1.82) is 0 Å². The van der Waals surface area contributed by atoms with Crippen molar-refractivity contribution in [1.82, 2.24) is 0 Å². The lowest BCUT2D eigenvalue weighted by atomic mass is 9.83. The minimum atomic E-state index is -5.84. The molecule has 1 saturated carbocycles. The van der Waals surface area contributed by atoms with Gasteiger partial charge in [-0.1, -0.05) is 32.6 Å². The molecule has 0 amide bonds. The molecule has 14 heteroatoms. The minimum absolute atomic E-state index is 0.0187. The molecular weight excluding hydrogens is 548 g/mol. The van der Waals surface area contributed by atoms with Gasteiger partial charge in [0.25, 0.3) is 6.43 Å². The van der Waals surface area contributed by atoms with E-state index in [1.165, 1.54) is 0 Å². The number of aliphatic hydroxyl groups excluding tert-OH is 1. The first kappa shape index (κ1) is 32.2. The summed E-state index contributed by atoms with van der Waals surface area (Å²) < 4.78 is 118. The molecule has 0 radical (unpaired) electrons. The lowest BCUT2D eigenvalue weighted by molar-refractivity contribution is -0.387. The Bertz CT molecular complexity index is 771. The highest BCUT2D eigenvalue weighted by atomic mass is 29.6.